The smallest absolute Gasteiger partial charge is 0.255 e. The summed E-state index contributed by atoms with van der Waals surface area (Å²) in [5.41, 5.74) is 3.91. The molecule has 0 saturated carbocycles. The van der Waals surface area contributed by atoms with Crippen molar-refractivity contribution in [3.8, 4) is 0 Å². The minimum atomic E-state index is -0.0759. The Bertz CT molecular complexity index is 781. The van der Waals surface area contributed by atoms with Crippen molar-refractivity contribution < 1.29 is 4.79 Å². The molecular formula is C22H19NO. The Balaban J connectivity index is 1.91. The Morgan fingerprint density at radius 3 is 1.75 bits per heavy atom. The van der Waals surface area contributed by atoms with E-state index < -0.39 is 0 Å². The lowest BCUT2D eigenvalue weighted by Gasteiger charge is -2.21. The van der Waals surface area contributed by atoms with Gasteiger partial charge in [-0.1, -0.05) is 66.2 Å². The highest BCUT2D eigenvalue weighted by atomic mass is 16.2. The highest BCUT2D eigenvalue weighted by Gasteiger charge is 2.14. The minimum absolute atomic E-state index is 0.0759. The molecule has 0 spiro atoms. The average molecular weight is 313 g/mol. The van der Waals surface area contributed by atoms with Crippen LogP contribution in [0.2, 0.25) is 0 Å². The maximum absolute atomic E-state index is 12.8. The molecule has 3 aromatic carbocycles. The molecule has 0 atom stereocenters. The maximum Gasteiger partial charge on any atom is 0.255 e. The van der Waals surface area contributed by atoms with Gasteiger partial charge in [-0.05, 0) is 42.8 Å². The summed E-state index contributed by atoms with van der Waals surface area (Å²) in [5, 5.41) is 0. The Morgan fingerprint density at radius 2 is 1.25 bits per heavy atom. The molecule has 0 fully saturated rings. The van der Waals surface area contributed by atoms with Crippen molar-refractivity contribution in [3.05, 3.63) is 102 Å². The van der Waals surface area contributed by atoms with Crippen molar-refractivity contribution >= 4 is 23.4 Å². The zero-order valence-corrected chi connectivity index (χ0v) is 13.6. The molecule has 0 bridgehead atoms. The lowest BCUT2D eigenvalue weighted by atomic mass is 10.1. The molecule has 0 aromatic heterocycles. The van der Waals surface area contributed by atoms with Gasteiger partial charge >= 0.3 is 0 Å². The highest BCUT2D eigenvalue weighted by Crippen LogP contribution is 2.25. The topological polar surface area (TPSA) is 20.3 Å². The number of rotatable bonds is 4. The SMILES string of the molecule is Cc1ccc(/C=C/C(=O)N(c2ccccc2)c2ccccc2)cc1. The van der Waals surface area contributed by atoms with E-state index in [-0.39, 0.29) is 5.91 Å². The molecule has 0 radical (unpaired) electrons. The summed E-state index contributed by atoms with van der Waals surface area (Å²) in [5.74, 6) is -0.0759. The lowest BCUT2D eigenvalue weighted by molar-refractivity contribution is -0.113. The molecule has 0 aliphatic rings. The number of hydrogen-bond acceptors (Lipinski definition) is 1. The number of para-hydroxylation sites is 2. The van der Waals surface area contributed by atoms with Crippen LogP contribution < -0.4 is 4.90 Å². The van der Waals surface area contributed by atoms with E-state index in [2.05, 4.69) is 0 Å². The molecule has 0 unspecified atom stereocenters. The molecule has 3 rings (SSSR count). The molecule has 0 N–H and O–H groups in total. The fourth-order valence-corrected chi connectivity index (χ4v) is 2.48. The Kier molecular flexibility index (Phi) is 4.87. The zero-order valence-electron chi connectivity index (χ0n) is 13.6. The normalized spacial score (nSPS) is 10.7. The van der Waals surface area contributed by atoms with Crippen LogP contribution in [-0.2, 0) is 4.79 Å². The molecule has 0 saturated heterocycles. The van der Waals surface area contributed by atoms with Gasteiger partial charge in [0.2, 0.25) is 0 Å². The third-order valence-corrected chi connectivity index (χ3v) is 3.74. The van der Waals surface area contributed by atoms with Crippen LogP contribution in [0, 0.1) is 6.92 Å². The average Bonchev–Trinajstić information content (AvgIpc) is 2.63. The van der Waals surface area contributed by atoms with Gasteiger partial charge in [-0.15, -0.1) is 0 Å². The Hall–Kier alpha value is -3.13. The molecular weight excluding hydrogens is 294 g/mol. The summed E-state index contributed by atoms with van der Waals surface area (Å²) in [6, 6.07) is 27.5. The van der Waals surface area contributed by atoms with Crippen LogP contribution >= 0.6 is 0 Å². The second-order valence-electron chi connectivity index (χ2n) is 5.59. The molecule has 0 aliphatic carbocycles. The van der Waals surface area contributed by atoms with Crippen molar-refractivity contribution in [3.63, 3.8) is 0 Å². The standard InChI is InChI=1S/C22H19NO/c1-18-12-14-19(15-13-18)16-17-22(24)23(20-8-4-2-5-9-20)21-10-6-3-7-11-21/h2-17H,1H3/b17-16+. The number of hydrogen-bond donors (Lipinski definition) is 0. The zero-order chi connectivity index (χ0) is 16.8. The van der Waals surface area contributed by atoms with Gasteiger partial charge in [-0.2, -0.15) is 0 Å². The van der Waals surface area contributed by atoms with E-state index in [1.807, 2.05) is 97.9 Å². The van der Waals surface area contributed by atoms with Crippen LogP contribution in [0.25, 0.3) is 6.08 Å². The predicted molar refractivity (Wildman–Crippen MR) is 100 cm³/mol. The van der Waals surface area contributed by atoms with E-state index in [9.17, 15) is 4.79 Å². The van der Waals surface area contributed by atoms with E-state index in [0.717, 1.165) is 16.9 Å². The second-order valence-corrected chi connectivity index (χ2v) is 5.59. The summed E-state index contributed by atoms with van der Waals surface area (Å²) in [4.78, 5) is 14.5. The van der Waals surface area contributed by atoms with Crippen molar-refractivity contribution in [2.75, 3.05) is 4.90 Å². The van der Waals surface area contributed by atoms with E-state index >= 15 is 0 Å². The predicted octanol–water partition coefficient (Wildman–Crippen LogP) is 5.37. The van der Waals surface area contributed by atoms with Crippen LogP contribution in [0.15, 0.2) is 91.0 Å². The number of nitrogens with zero attached hydrogens (tertiary/aromatic N) is 1. The van der Waals surface area contributed by atoms with Crippen molar-refractivity contribution in [1.82, 2.24) is 0 Å². The number of carbonyl (C=O) groups is 1. The van der Waals surface area contributed by atoms with Gasteiger partial charge in [0.25, 0.3) is 5.91 Å². The maximum atomic E-state index is 12.8. The van der Waals surface area contributed by atoms with Gasteiger partial charge in [0.1, 0.15) is 0 Å². The first-order valence-corrected chi connectivity index (χ1v) is 7.93. The Morgan fingerprint density at radius 1 is 0.750 bits per heavy atom. The van der Waals surface area contributed by atoms with Gasteiger partial charge in [0, 0.05) is 17.5 Å². The van der Waals surface area contributed by atoms with Crippen LogP contribution in [0.3, 0.4) is 0 Å². The monoisotopic (exact) mass is 313 g/mol. The highest BCUT2D eigenvalue weighted by molar-refractivity contribution is 6.08. The minimum Gasteiger partial charge on any atom is -0.278 e. The van der Waals surface area contributed by atoms with E-state index in [4.69, 9.17) is 0 Å². The third kappa shape index (κ3) is 3.79. The molecule has 0 aliphatic heterocycles. The molecule has 2 heteroatoms. The fraction of sp³-hybridized carbons (Fsp3) is 0.0455. The first-order valence-electron chi connectivity index (χ1n) is 7.93. The van der Waals surface area contributed by atoms with Crippen molar-refractivity contribution in [1.29, 1.82) is 0 Å². The summed E-state index contributed by atoms with van der Waals surface area (Å²) < 4.78 is 0. The van der Waals surface area contributed by atoms with Crippen molar-refractivity contribution in [2.24, 2.45) is 0 Å². The fourth-order valence-electron chi connectivity index (χ4n) is 2.48. The number of anilines is 2. The van der Waals surface area contributed by atoms with Crippen LogP contribution in [0.4, 0.5) is 11.4 Å². The summed E-state index contributed by atoms with van der Waals surface area (Å²) >= 11 is 0. The van der Waals surface area contributed by atoms with Crippen molar-refractivity contribution in [2.45, 2.75) is 6.92 Å². The van der Waals surface area contributed by atoms with E-state index in [0.29, 0.717) is 0 Å². The number of benzene rings is 3. The lowest BCUT2D eigenvalue weighted by Crippen LogP contribution is -2.23. The molecule has 2 nitrogen and oxygen atoms in total. The van der Waals surface area contributed by atoms with Crippen LogP contribution in [0.1, 0.15) is 11.1 Å². The molecule has 1 amide bonds. The Labute approximate surface area is 142 Å². The summed E-state index contributed by atoms with van der Waals surface area (Å²) in [7, 11) is 0. The largest absolute Gasteiger partial charge is 0.278 e. The van der Waals surface area contributed by atoms with Gasteiger partial charge in [0.05, 0.1) is 0 Å². The number of amides is 1. The molecule has 24 heavy (non-hydrogen) atoms. The van der Waals surface area contributed by atoms with Crippen LogP contribution in [-0.4, -0.2) is 5.91 Å². The van der Waals surface area contributed by atoms with Gasteiger partial charge < -0.3 is 0 Å². The van der Waals surface area contributed by atoms with E-state index in [1.165, 1.54) is 5.56 Å². The summed E-state index contributed by atoms with van der Waals surface area (Å²) in [6.07, 6.45) is 3.46. The number of aryl methyl sites for hydroxylation is 1. The first-order chi connectivity index (χ1) is 11.7. The number of carbonyl (C=O) groups excluding carboxylic acids is 1. The summed E-state index contributed by atoms with van der Waals surface area (Å²) in [6.45, 7) is 2.05. The molecule has 118 valence electrons. The van der Waals surface area contributed by atoms with Gasteiger partial charge in [0.15, 0.2) is 0 Å². The quantitative estimate of drug-likeness (QED) is 0.593. The third-order valence-electron chi connectivity index (χ3n) is 3.74. The van der Waals surface area contributed by atoms with Gasteiger partial charge in [-0.25, -0.2) is 0 Å². The second kappa shape index (κ2) is 7.42. The first kappa shape index (κ1) is 15.8. The van der Waals surface area contributed by atoms with Crippen LogP contribution in [0.5, 0.6) is 0 Å². The van der Waals surface area contributed by atoms with E-state index in [1.54, 1.807) is 11.0 Å². The molecule has 3 aromatic rings. The van der Waals surface area contributed by atoms with Gasteiger partial charge in [-0.3, -0.25) is 9.69 Å². The molecule has 0 heterocycles.